The summed E-state index contributed by atoms with van der Waals surface area (Å²) in [5.41, 5.74) is 3.06. The van der Waals surface area contributed by atoms with Crippen molar-refractivity contribution >= 4 is 21.9 Å². The number of aryl methyl sites for hydroxylation is 1. The first kappa shape index (κ1) is 20.6. The zero-order valence-electron chi connectivity index (χ0n) is 16.8. The van der Waals surface area contributed by atoms with Crippen LogP contribution in [-0.4, -0.2) is 44.4 Å². The van der Waals surface area contributed by atoms with Crippen LogP contribution in [0.3, 0.4) is 0 Å². The molecule has 0 spiro atoms. The summed E-state index contributed by atoms with van der Waals surface area (Å²) in [5, 5.41) is 0. The molecule has 7 nitrogen and oxygen atoms in total. The quantitative estimate of drug-likeness (QED) is 0.712. The molecule has 0 unspecified atom stereocenters. The highest BCUT2D eigenvalue weighted by atomic mass is 32.2. The van der Waals surface area contributed by atoms with Crippen LogP contribution in [0.2, 0.25) is 0 Å². The molecule has 2 aromatic rings. The Hall–Kier alpha value is -2.71. The molecule has 30 heavy (non-hydrogen) atoms. The molecule has 1 amide bonds. The lowest BCUT2D eigenvalue weighted by Gasteiger charge is -2.28. The maximum Gasteiger partial charge on any atom is 0.338 e. The van der Waals surface area contributed by atoms with Gasteiger partial charge in [-0.05, 0) is 55.0 Å². The summed E-state index contributed by atoms with van der Waals surface area (Å²) in [4.78, 5) is 26.8. The second-order valence-corrected chi connectivity index (χ2v) is 9.50. The lowest BCUT2D eigenvalue weighted by atomic mass is 10.00. The number of sulfonamides is 1. The average Bonchev–Trinajstić information content (AvgIpc) is 3.54. The molecular weight excluding hydrogens is 404 g/mol. The Bertz CT molecular complexity index is 1090. The van der Waals surface area contributed by atoms with Crippen LogP contribution in [0.15, 0.2) is 47.4 Å². The van der Waals surface area contributed by atoms with E-state index in [1.165, 1.54) is 17.7 Å². The summed E-state index contributed by atoms with van der Waals surface area (Å²) in [5.74, 6) is -0.976. The summed E-state index contributed by atoms with van der Waals surface area (Å²) < 4.78 is 32.7. The van der Waals surface area contributed by atoms with E-state index < -0.39 is 16.0 Å². The van der Waals surface area contributed by atoms with Gasteiger partial charge in [0.15, 0.2) is 6.61 Å². The number of amides is 1. The third kappa shape index (κ3) is 4.55. The van der Waals surface area contributed by atoms with Crippen molar-refractivity contribution in [2.24, 2.45) is 0 Å². The predicted molar refractivity (Wildman–Crippen MR) is 110 cm³/mol. The largest absolute Gasteiger partial charge is 0.452 e. The van der Waals surface area contributed by atoms with Gasteiger partial charge in [0, 0.05) is 19.1 Å². The Morgan fingerprint density at radius 2 is 1.87 bits per heavy atom. The van der Waals surface area contributed by atoms with Crippen molar-refractivity contribution in [2.75, 3.05) is 13.2 Å². The van der Waals surface area contributed by atoms with E-state index in [9.17, 15) is 18.0 Å². The molecule has 1 N–H and O–H groups in total. The maximum absolute atomic E-state index is 12.6. The zero-order chi connectivity index (χ0) is 21.3. The van der Waals surface area contributed by atoms with Crippen molar-refractivity contribution in [3.63, 3.8) is 0 Å². The third-order valence-corrected chi connectivity index (χ3v) is 6.97. The molecule has 1 fully saturated rings. The molecule has 1 aliphatic carbocycles. The van der Waals surface area contributed by atoms with Crippen molar-refractivity contribution < 1.29 is 22.7 Å². The van der Waals surface area contributed by atoms with Gasteiger partial charge in [-0.2, -0.15) is 0 Å². The number of carbonyl (C=O) groups excluding carboxylic acids is 2. The maximum atomic E-state index is 12.6. The number of nitrogens with one attached hydrogen (secondary N) is 1. The standard InChI is InChI=1S/C22H24N2O5S/c1-15-6-9-19(30(27,28)23-18-7-8-18)12-20(15)22(26)29-14-21(25)24-11-10-16-4-2-3-5-17(16)13-24/h2-6,9,12,18,23H,7-8,10-11,13-14H2,1H3. The Labute approximate surface area is 176 Å². The third-order valence-electron chi connectivity index (χ3n) is 5.45. The molecule has 0 saturated heterocycles. The minimum atomic E-state index is -3.68. The van der Waals surface area contributed by atoms with Crippen LogP contribution < -0.4 is 4.72 Å². The molecule has 158 valence electrons. The van der Waals surface area contributed by atoms with Crippen molar-refractivity contribution in [3.8, 4) is 0 Å². The van der Waals surface area contributed by atoms with Crippen LogP contribution in [0.5, 0.6) is 0 Å². The second-order valence-electron chi connectivity index (χ2n) is 7.78. The van der Waals surface area contributed by atoms with Crippen LogP contribution in [0, 0.1) is 6.92 Å². The molecule has 0 bridgehead atoms. The molecule has 0 radical (unpaired) electrons. The van der Waals surface area contributed by atoms with Gasteiger partial charge < -0.3 is 9.64 Å². The van der Waals surface area contributed by atoms with Crippen LogP contribution in [-0.2, 0) is 32.5 Å². The van der Waals surface area contributed by atoms with Gasteiger partial charge in [0.1, 0.15) is 0 Å². The number of benzene rings is 2. The molecule has 1 aliphatic heterocycles. The van der Waals surface area contributed by atoms with E-state index in [1.54, 1.807) is 17.9 Å². The number of esters is 1. The van der Waals surface area contributed by atoms with Crippen molar-refractivity contribution in [1.29, 1.82) is 0 Å². The van der Waals surface area contributed by atoms with Crippen LogP contribution in [0.25, 0.3) is 0 Å². The average molecular weight is 429 g/mol. The van der Waals surface area contributed by atoms with E-state index in [1.807, 2.05) is 18.2 Å². The smallest absolute Gasteiger partial charge is 0.338 e. The second kappa shape index (κ2) is 8.20. The molecular formula is C22H24N2O5S. The molecule has 1 heterocycles. The molecule has 8 heteroatoms. The number of carbonyl (C=O) groups is 2. The summed E-state index contributed by atoms with van der Waals surface area (Å²) in [7, 11) is -3.68. The Morgan fingerprint density at radius 3 is 2.60 bits per heavy atom. The van der Waals surface area contributed by atoms with Gasteiger partial charge in [-0.15, -0.1) is 0 Å². The number of rotatable bonds is 6. The van der Waals surface area contributed by atoms with Gasteiger partial charge >= 0.3 is 5.97 Å². The minimum Gasteiger partial charge on any atom is -0.452 e. The topological polar surface area (TPSA) is 92.8 Å². The Kier molecular flexibility index (Phi) is 5.62. The Morgan fingerprint density at radius 1 is 1.13 bits per heavy atom. The molecule has 4 rings (SSSR count). The monoisotopic (exact) mass is 428 g/mol. The first-order valence-corrected chi connectivity index (χ1v) is 11.5. The molecule has 2 aromatic carbocycles. The number of hydrogen-bond donors (Lipinski definition) is 1. The fourth-order valence-corrected chi connectivity index (χ4v) is 4.81. The van der Waals surface area contributed by atoms with Gasteiger partial charge in [-0.3, -0.25) is 4.79 Å². The highest BCUT2D eigenvalue weighted by molar-refractivity contribution is 7.89. The zero-order valence-corrected chi connectivity index (χ0v) is 17.6. The van der Waals surface area contributed by atoms with E-state index in [0.717, 1.165) is 24.8 Å². The first-order chi connectivity index (χ1) is 14.3. The first-order valence-electron chi connectivity index (χ1n) is 9.98. The number of ether oxygens (including phenoxy) is 1. The summed E-state index contributed by atoms with van der Waals surface area (Å²) in [6, 6.07) is 12.3. The molecule has 2 aliphatic rings. The van der Waals surface area contributed by atoms with Crippen molar-refractivity contribution in [1.82, 2.24) is 9.62 Å². The number of nitrogens with zero attached hydrogens (tertiary/aromatic N) is 1. The fraction of sp³-hybridized carbons (Fsp3) is 0.364. The van der Waals surface area contributed by atoms with Crippen LogP contribution in [0.1, 0.15) is 39.9 Å². The van der Waals surface area contributed by atoms with Crippen LogP contribution in [0.4, 0.5) is 0 Å². The van der Waals surface area contributed by atoms with E-state index >= 15 is 0 Å². The van der Waals surface area contributed by atoms with Gasteiger partial charge in [0.25, 0.3) is 5.91 Å². The van der Waals surface area contributed by atoms with Crippen molar-refractivity contribution in [2.45, 2.75) is 43.7 Å². The van der Waals surface area contributed by atoms with E-state index in [2.05, 4.69) is 10.8 Å². The minimum absolute atomic E-state index is 0.0194. The fourth-order valence-electron chi connectivity index (χ4n) is 3.48. The normalized spacial score (nSPS) is 16.1. The van der Waals surface area contributed by atoms with E-state index in [-0.39, 0.29) is 29.0 Å². The van der Waals surface area contributed by atoms with Crippen LogP contribution >= 0.6 is 0 Å². The molecule has 1 saturated carbocycles. The summed E-state index contributed by atoms with van der Waals surface area (Å²) in [6.45, 7) is 2.39. The molecule has 0 atom stereocenters. The highest BCUT2D eigenvalue weighted by Crippen LogP contribution is 2.24. The summed E-state index contributed by atoms with van der Waals surface area (Å²) >= 11 is 0. The number of fused-ring (bicyclic) bond motifs is 1. The van der Waals surface area contributed by atoms with Gasteiger partial charge in [0.2, 0.25) is 10.0 Å². The summed E-state index contributed by atoms with van der Waals surface area (Å²) in [6.07, 6.45) is 2.41. The van der Waals surface area contributed by atoms with Crippen molar-refractivity contribution in [3.05, 3.63) is 64.7 Å². The van der Waals surface area contributed by atoms with E-state index in [4.69, 9.17) is 4.74 Å². The highest BCUT2D eigenvalue weighted by Gasteiger charge is 2.29. The lowest BCUT2D eigenvalue weighted by molar-refractivity contribution is -0.135. The van der Waals surface area contributed by atoms with E-state index in [0.29, 0.717) is 18.7 Å². The lowest BCUT2D eigenvalue weighted by Crippen LogP contribution is -2.38. The van der Waals surface area contributed by atoms with Gasteiger partial charge in [-0.1, -0.05) is 30.3 Å². The SMILES string of the molecule is Cc1ccc(S(=O)(=O)NC2CC2)cc1C(=O)OCC(=O)N1CCc2ccccc2C1. The van der Waals surface area contributed by atoms with Gasteiger partial charge in [0.05, 0.1) is 10.5 Å². The number of hydrogen-bond acceptors (Lipinski definition) is 5. The molecule has 0 aromatic heterocycles. The van der Waals surface area contributed by atoms with Gasteiger partial charge in [-0.25, -0.2) is 17.9 Å². The predicted octanol–water partition coefficient (Wildman–Crippen LogP) is 2.18. The Balaban J connectivity index is 1.40.